The van der Waals surface area contributed by atoms with Crippen molar-refractivity contribution < 1.29 is 13.6 Å². The summed E-state index contributed by atoms with van der Waals surface area (Å²) in [7, 11) is 0. The zero-order valence-electron chi connectivity index (χ0n) is 11.3. The summed E-state index contributed by atoms with van der Waals surface area (Å²) in [6.45, 7) is 0. The topological polar surface area (TPSA) is 60.9 Å². The molecule has 0 aliphatic rings. The zero-order chi connectivity index (χ0) is 15.7. The molecule has 3 aromatic rings. The molecule has 0 atom stereocenters. The Morgan fingerprint density at radius 3 is 2.59 bits per heavy atom. The van der Waals surface area contributed by atoms with Gasteiger partial charge in [0.15, 0.2) is 0 Å². The van der Waals surface area contributed by atoms with E-state index in [4.69, 9.17) is 5.73 Å². The molecule has 0 spiro atoms. The lowest BCUT2D eigenvalue weighted by molar-refractivity contribution is 0.248. The van der Waals surface area contributed by atoms with Crippen molar-refractivity contribution in [3.63, 3.8) is 0 Å². The van der Waals surface area contributed by atoms with Gasteiger partial charge in [-0.2, -0.15) is 9.78 Å². The van der Waals surface area contributed by atoms with Crippen molar-refractivity contribution in [3.8, 4) is 0 Å². The molecule has 0 saturated carbocycles. The fourth-order valence-corrected chi connectivity index (χ4v) is 2.12. The van der Waals surface area contributed by atoms with Gasteiger partial charge in [-0.25, -0.2) is 13.6 Å². The van der Waals surface area contributed by atoms with Crippen LogP contribution in [0.1, 0.15) is 11.3 Å². The number of hydrogen-bond acceptors (Lipinski definition) is 2. The summed E-state index contributed by atoms with van der Waals surface area (Å²) in [5, 5.41) is 4.42. The Hall–Kier alpha value is -3.02. The van der Waals surface area contributed by atoms with E-state index in [1.165, 1.54) is 18.2 Å². The van der Waals surface area contributed by atoms with Crippen molar-refractivity contribution >= 4 is 29.1 Å². The first-order valence-electron chi connectivity index (χ1n) is 6.38. The maximum Gasteiger partial charge on any atom is 0.340 e. The number of nitrogens with zero attached hydrogens (tertiary/aromatic N) is 2. The summed E-state index contributed by atoms with van der Waals surface area (Å²) in [6, 6.07) is 10.2. The van der Waals surface area contributed by atoms with Gasteiger partial charge in [0.25, 0.3) is 0 Å². The van der Waals surface area contributed by atoms with Gasteiger partial charge in [-0.05, 0) is 42.0 Å². The Morgan fingerprint density at radius 2 is 1.91 bits per heavy atom. The first-order valence-corrected chi connectivity index (χ1v) is 6.38. The van der Waals surface area contributed by atoms with E-state index in [2.05, 4.69) is 11.2 Å². The van der Waals surface area contributed by atoms with Gasteiger partial charge in [0.05, 0.1) is 5.69 Å². The van der Waals surface area contributed by atoms with Crippen LogP contribution in [-0.2, 0) is 0 Å². The number of aromatic nitrogens is 2. The lowest BCUT2D eigenvalue weighted by Crippen LogP contribution is -2.21. The van der Waals surface area contributed by atoms with E-state index in [0.29, 0.717) is 11.1 Å². The molecule has 1 heterocycles. The normalized spacial score (nSPS) is 11.4. The van der Waals surface area contributed by atoms with Crippen molar-refractivity contribution in [2.45, 2.75) is 0 Å². The predicted octanol–water partition coefficient (Wildman–Crippen LogP) is 3.21. The number of rotatable bonds is 2. The highest BCUT2D eigenvalue weighted by molar-refractivity contribution is 5.95. The van der Waals surface area contributed by atoms with Crippen molar-refractivity contribution in [2.75, 3.05) is 0 Å². The lowest BCUT2D eigenvalue weighted by atomic mass is 10.1. The number of hydrogen-bond donors (Lipinski definition) is 1. The second-order valence-corrected chi connectivity index (χ2v) is 4.59. The molecule has 0 aliphatic carbocycles. The summed E-state index contributed by atoms with van der Waals surface area (Å²) in [5.41, 5.74) is 6.32. The van der Waals surface area contributed by atoms with Gasteiger partial charge < -0.3 is 5.73 Å². The van der Waals surface area contributed by atoms with Crippen LogP contribution < -0.4 is 5.73 Å². The number of nitrogens with two attached hydrogens (primary N) is 1. The van der Waals surface area contributed by atoms with Crippen LogP contribution in [0.5, 0.6) is 0 Å². The molecule has 6 heteroatoms. The van der Waals surface area contributed by atoms with Gasteiger partial charge in [-0.15, -0.1) is 0 Å². The summed E-state index contributed by atoms with van der Waals surface area (Å²) in [5.74, 6) is -0.970. The Balaban J connectivity index is 2.09. The minimum Gasteiger partial charge on any atom is -0.350 e. The summed E-state index contributed by atoms with van der Waals surface area (Å²) in [4.78, 5) is 11.4. The molecule has 22 heavy (non-hydrogen) atoms. The molecule has 0 fully saturated rings. The van der Waals surface area contributed by atoms with E-state index in [1.807, 2.05) is 0 Å². The van der Waals surface area contributed by atoms with Gasteiger partial charge in [-0.1, -0.05) is 18.2 Å². The van der Waals surface area contributed by atoms with E-state index in [0.717, 1.165) is 16.3 Å². The fraction of sp³-hybridized carbons (Fsp3) is 0. The molecule has 3 rings (SSSR count). The van der Waals surface area contributed by atoms with Crippen LogP contribution in [0.3, 0.4) is 0 Å². The molecule has 2 aromatic carbocycles. The van der Waals surface area contributed by atoms with Crippen LogP contribution in [-0.4, -0.2) is 15.8 Å². The standard InChI is InChI=1S/C16H10F2N3O/c17-11-7-4-10(5-8-11)6-9-14-12-2-1-3-13(18)15(12)21(20-14)16(19)22/h2-9H,(H2,19,22)/b9-6+. The average Bonchev–Trinajstić information content (AvgIpc) is 2.87. The molecule has 1 radical (unpaired) electrons. The third-order valence-electron chi connectivity index (χ3n) is 3.13. The van der Waals surface area contributed by atoms with Gasteiger partial charge in [0, 0.05) is 5.39 Å². The van der Waals surface area contributed by atoms with E-state index in [9.17, 15) is 13.6 Å². The third kappa shape index (κ3) is 2.46. The van der Waals surface area contributed by atoms with Crippen LogP contribution in [0, 0.1) is 17.7 Å². The van der Waals surface area contributed by atoms with E-state index >= 15 is 0 Å². The number of carbonyl (C=O) groups excluding carboxylic acids is 1. The molecule has 4 nitrogen and oxygen atoms in total. The second-order valence-electron chi connectivity index (χ2n) is 4.59. The van der Waals surface area contributed by atoms with Crippen molar-refractivity contribution in [1.82, 2.24) is 9.78 Å². The highest BCUT2D eigenvalue weighted by Gasteiger charge is 2.15. The average molecular weight is 298 g/mol. The van der Waals surface area contributed by atoms with Crippen molar-refractivity contribution in [2.24, 2.45) is 5.73 Å². The minimum atomic E-state index is -0.878. The van der Waals surface area contributed by atoms with E-state index in [1.54, 1.807) is 24.3 Å². The maximum absolute atomic E-state index is 13.9. The maximum atomic E-state index is 13.9. The number of primary amides is 1. The van der Waals surface area contributed by atoms with E-state index < -0.39 is 11.8 Å². The summed E-state index contributed by atoms with van der Waals surface area (Å²) < 4.78 is 27.5. The number of amides is 1. The molecule has 0 aliphatic heterocycles. The molecular formula is C16H10F2N3O. The monoisotopic (exact) mass is 298 g/mol. The summed E-state index contributed by atoms with van der Waals surface area (Å²) >= 11 is 0. The summed E-state index contributed by atoms with van der Waals surface area (Å²) in [6.07, 6.45) is 3.28. The Morgan fingerprint density at radius 1 is 1.18 bits per heavy atom. The lowest BCUT2D eigenvalue weighted by Gasteiger charge is -1.96. The van der Waals surface area contributed by atoms with Crippen LogP contribution in [0.15, 0.2) is 36.4 Å². The molecule has 0 bridgehead atoms. The van der Waals surface area contributed by atoms with Gasteiger partial charge >= 0.3 is 6.03 Å². The largest absolute Gasteiger partial charge is 0.350 e. The van der Waals surface area contributed by atoms with Gasteiger partial charge in [0.1, 0.15) is 17.2 Å². The fourth-order valence-electron chi connectivity index (χ4n) is 2.12. The molecule has 109 valence electrons. The first-order chi connectivity index (χ1) is 10.6. The SMILES string of the molecule is NC(=O)n1nc(/C=C/c2ccc(F)cc2)c2c[c]cc(F)c21. The quantitative estimate of drug-likeness (QED) is 0.789. The van der Waals surface area contributed by atoms with Crippen LogP contribution >= 0.6 is 0 Å². The van der Waals surface area contributed by atoms with Crippen molar-refractivity contribution in [1.29, 1.82) is 0 Å². The highest BCUT2D eigenvalue weighted by atomic mass is 19.1. The Kier molecular flexibility index (Phi) is 3.42. The Bertz CT molecular complexity index is 882. The molecule has 2 N–H and O–H groups in total. The zero-order valence-corrected chi connectivity index (χ0v) is 11.3. The number of halogens is 2. The molecule has 1 amide bonds. The predicted molar refractivity (Wildman–Crippen MR) is 78.8 cm³/mol. The second kappa shape index (κ2) is 5.40. The molecule has 0 unspecified atom stereocenters. The van der Waals surface area contributed by atoms with Crippen LogP contribution in [0.4, 0.5) is 13.6 Å². The van der Waals surface area contributed by atoms with Crippen LogP contribution in [0.25, 0.3) is 23.1 Å². The number of carbonyl (C=O) groups is 1. The molecule has 0 saturated heterocycles. The third-order valence-corrected chi connectivity index (χ3v) is 3.13. The highest BCUT2D eigenvalue weighted by Crippen LogP contribution is 2.22. The number of fused-ring (bicyclic) bond motifs is 1. The molecular weight excluding hydrogens is 288 g/mol. The van der Waals surface area contributed by atoms with E-state index in [-0.39, 0.29) is 11.3 Å². The smallest absolute Gasteiger partial charge is 0.340 e. The van der Waals surface area contributed by atoms with Crippen molar-refractivity contribution in [3.05, 3.63) is 65.4 Å². The van der Waals surface area contributed by atoms with Gasteiger partial charge in [-0.3, -0.25) is 0 Å². The number of benzene rings is 2. The minimum absolute atomic E-state index is 0.00464. The molecule has 1 aromatic heterocycles. The van der Waals surface area contributed by atoms with Gasteiger partial charge in [0.2, 0.25) is 0 Å². The van der Waals surface area contributed by atoms with Crippen LogP contribution in [0.2, 0.25) is 0 Å². The first kappa shape index (κ1) is 13.9. The Labute approximate surface area is 124 Å².